The van der Waals surface area contributed by atoms with Crippen LogP contribution < -0.4 is 5.32 Å². The zero-order valence-corrected chi connectivity index (χ0v) is 10.0. The van der Waals surface area contributed by atoms with Crippen molar-refractivity contribution in [1.82, 2.24) is 14.9 Å². The quantitative estimate of drug-likeness (QED) is 0.866. The molecule has 1 N–H and O–H groups in total. The zero-order chi connectivity index (χ0) is 12.4. The molecule has 0 aliphatic carbocycles. The van der Waals surface area contributed by atoms with Crippen molar-refractivity contribution in [3.63, 3.8) is 0 Å². The number of aromatic nitrogens is 2. The van der Waals surface area contributed by atoms with Crippen LogP contribution in [0.5, 0.6) is 0 Å². The van der Waals surface area contributed by atoms with Crippen molar-refractivity contribution in [2.45, 2.75) is 18.9 Å². The number of carbonyl (C=O) groups is 1. The van der Waals surface area contributed by atoms with E-state index in [2.05, 4.69) is 10.4 Å². The average molecular weight is 245 g/mol. The molecule has 1 fully saturated rings. The SMILES string of the molecule is O=C(NC1CCOCC1)c1cnn2ccccc12. The third kappa shape index (κ3) is 2.09. The van der Waals surface area contributed by atoms with Gasteiger partial charge in [-0.15, -0.1) is 0 Å². The second-order valence-electron chi connectivity index (χ2n) is 4.45. The van der Waals surface area contributed by atoms with Gasteiger partial charge in [0.1, 0.15) is 0 Å². The maximum absolute atomic E-state index is 12.2. The van der Waals surface area contributed by atoms with Gasteiger partial charge in [-0.3, -0.25) is 4.79 Å². The lowest BCUT2D eigenvalue weighted by Crippen LogP contribution is -2.38. The van der Waals surface area contributed by atoms with Crippen LogP contribution in [-0.4, -0.2) is 34.8 Å². The van der Waals surface area contributed by atoms with Crippen molar-refractivity contribution >= 4 is 11.4 Å². The van der Waals surface area contributed by atoms with Crippen LogP contribution in [0, 0.1) is 0 Å². The van der Waals surface area contributed by atoms with Gasteiger partial charge in [-0.25, -0.2) is 4.52 Å². The number of nitrogens with one attached hydrogen (secondary N) is 1. The Morgan fingerprint density at radius 1 is 1.39 bits per heavy atom. The normalized spacial score (nSPS) is 16.9. The molecule has 0 atom stereocenters. The van der Waals surface area contributed by atoms with Gasteiger partial charge in [0.25, 0.3) is 5.91 Å². The largest absolute Gasteiger partial charge is 0.381 e. The minimum Gasteiger partial charge on any atom is -0.381 e. The summed E-state index contributed by atoms with van der Waals surface area (Å²) in [5, 5.41) is 7.21. The molecule has 1 saturated heterocycles. The highest BCUT2D eigenvalue weighted by Crippen LogP contribution is 2.12. The molecule has 0 radical (unpaired) electrons. The second-order valence-corrected chi connectivity index (χ2v) is 4.45. The van der Waals surface area contributed by atoms with Crippen LogP contribution in [-0.2, 0) is 4.74 Å². The summed E-state index contributed by atoms with van der Waals surface area (Å²) in [5.41, 5.74) is 1.46. The van der Waals surface area contributed by atoms with Crippen LogP contribution in [0.25, 0.3) is 5.52 Å². The molecule has 94 valence electrons. The summed E-state index contributed by atoms with van der Waals surface area (Å²) in [7, 11) is 0. The van der Waals surface area contributed by atoms with Gasteiger partial charge in [-0.1, -0.05) is 6.07 Å². The van der Waals surface area contributed by atoms with E-state index in [0.717, 1.165) is 31.6 Å². The van der Waals surface area contributed by atoms with Gasteiger partial charge >= 0.3 is 0 Å². The van der Waals surface area contributed by atoms with E-state index in [4.69, 9.17) is 4.74 Å². The molecule has 3 rings (SSSR count). The molecular weight excluding hydrogens is 230 g/mol. The molecule has 0 unspecified atom stereocenters. The zero-order valence-electron chi connectivity index (χ0n) is 10.0. The van der Waals surface area contributed by atoms with Gasteiger partial charge in [0.15, 0.2) is 0 Å². The smallest absolute Gasteiger partial charge is 0.255 e. The molecule has 1 amide bonds. The highest BCUT2D eigenvalue weighted by Gasteiger charge is 2.19. The van der Waals surface area contributed by atoms with Crippen LogP contribution in [0.1, 0.15) is 23.2 Å². The number of pyridine rings is 1. The Bertz CT molecular complexity index is 558. The first-order chi connectivity index (χ1) is 8.84. The molecule has 2 aromatic heterocycles. The molecule has 2 aromatic rings. The van der Waals surface area contributed by atoms with E-state index in [-0.39, 0.29) is 11.9 Å². The fourth-order valence-corrected chi connectivity index (χ4v) is 2.21. The van der Waals surface area contributed by atoms with E-state index < -0.39 is 0 Å². The van der Waals surface area contributed by atoms with Crippen molar-refractivity contribution in [3.05, 3.63) is 36.2 Å². The van der Waals surface area contributed by atoms with E-state index >= 15 is 0 Å². The second kappa shape index (κ2) is 4.78. The molecule has 18 heavy (non-hydrogen) atoms. The lowest BCUT2D eigenvalue weighted by Gasteiger charge is -2.22. The molecule has 3 heterocycles. The molecule has 0 spiro atoms. The number of carbonyl (C=O) groups excluding carboxylic acids is 1. The summed E-state index contributed by atoms with van der Waals surface area (Å²) in [6.07, 6.45) is 5.21. The van der Waals surface area contributed by atoms with E-state index in [1.165, 1.54) is 0 Å². The summed E-state index contributed by atoms with van der Waals surface area (Å²) >= 11 is 0. The number of fused-ring (bicyclic) bond motifs is 1. The number of hydrogen-bond acceptors (Lipinski definition) is 3. The van der Waals surface area contributed by atoms with E-state index in [1.807, 2.05) is 24.4 Å². The fraction of sp³-hybridized carbons (Fsp3) is 0.385. The molecule has 0 saturated carbocycles. The Balaban J connectivity index is 1.79. The van der Waals surface area contributed by atoms with Crippen LogP contribution in [0.3, 0.4) is 0 Å². The third-order valence-corrected chi connectivity index (χ3v) is 3.23. The van der Waals surface area contributed by atoms with Crippen molar-refractivity contribution in [3.8, 4) is 0 Å². The van der Waals surface area contributed by atoms with Crippen molar-refractivity contribution < 1.29 is 9.53 Å². The van der Waals surface area contributed by atoms with Gasteiger partial charge in [0.05, 0.1) is 17.3 Å². The maximum Gasteiger partial charge on any atom is 0.255 e. The topological polar surface area (TPSA) is 55.6 Å². The van der Waals surface area contributed by atoms with E-state index in [1.54, 1.807) is 10.7 Å². The first kappa shape index (κ1) is 11.2. The standard InChI is InChI=1S/C13H15N3O2/c17-13(15-10-4-7-18-8-5-10)11-9-14-16-6-2-1-3-12(11)16/h1-3,6,9-10H,4-5,7-8H2,(H,15,17). The number of nitrogens with zero attached hydrogens (tertiary/aromatic N) is 2. The van der Waals surface area contributed by atoms with Crippen LogP contribution in [0.4, 0.5) is 0 Å². The first-order valence-corrected chi connectivity index (χ1v) is 6.15. The van der Waals surface area contributed by atoms with Gasteiger partial charge in [0, 0.05) is 25.5 Å². The van der Waals surface area contributed by atoms with Crippen molar-refractivity contribution in [2.24, 2.45) is 0 Å². The summed E-state index contributed by atoms with van der Waals surface area (Å²) in [5.74, 6) is -0.0527. The highest BCUT2D eigenvalue weighted by molar-refractivity contribution is 6.00. The highest BCUT2D eigenvalue weighted by atomic mass is 16.5. The fourth-order valence-electron chi connectivity index (χ4n) is 2.21. The Labute approximate surface area is 105 Å². The summed E-state index contributed by atoms with van der Waals surface area (Å²) < 4.78 is 6.98. The van der Waals surface area contributed by atoms with Gasteiger partial charge in [0.2, 0.25) is 0 Å². The Kier molecular flexibility index (Phi) is 2.98. The van der Waals surface area contributed by atoms with Crippen molar-refractivity contribution in [1.29, 1.82) is 0 Å². The number of rotatable bonds is 2. The molecule has 5 heteroatoms. The predicted molar refractivity (Wildman–Crippen MR) is 66.5 cm³/mol. The van der Waals surface area contributed by atoms with Crippen LogP contribution >= 0.6 is 0 Å². The first-order valence-electron chi connectivity index (χ1n) is 6.15. The minimum atomic E-state index is -0.0527. The number of hydrogen-bond donors (Lipinski definition) is 1. The van der Waals surface area contributed by atoms with E-state index in [9.17, 15) is 4.79 Å². The monoisotopic (exact) mass is 245 g/mol. The molecule has 0 bridgehead atoms. The molecular formula is C13H15N3O2. The lowest BCUT2D eigenvalue weighted by atomic mass is 10.1. The average Bonchev–Trinajstić information content (AvgIpc) is 2.84. The predicted octanol–water partition coefficient (Wildman–Crippen LogP) is 1.24. The van der Waals surface area contributed by atoms with E-state index in [0.29, 0.717) is 5.56 Å². The van der Waals surface area contributed by atoms with Gasteiger partial charge in [-0.05, 0) is 25.0 Å². The molecule has 1 aliphatic rings. The molecule has 1 aliphatic heterocycles. The van der Waals surface area contributed by atoms with Crippen molar-refractivity contribution in [2.75, 3.05) is 13.2 Å². The van der Waals surface area contributed by atoms with Gasteiger partial charge in [-0.2, -0.15) is 5.10 Å². The van der Waals surface area contributed by atoms with Gasteiger partial charge < -0.3 is 10.1 Å². The summed E-state index contributed by atoms with van der Waals surface area (Å²) in [6, 6.07) is 5.90. The number of amides is 1. The molecule has 0 aromatic carbocycles. The van der Waals surface area contributed by atoms with Crippen LogP contribution in [0.2, 0.25) is 0 Å². The Morgan fingerprint density at radius 3 is 3.06 bits per heavy atom. The molecule has 5 nitrogen and oxygen atoms in total. The summed E-state index contributed by atoms with van der Waals surface area (Å²) in [4.78, 5) is 12.2. The minimum absolute atomic E-state index is 0.0527. The van der Waals surface area contributed by atoms with Crippen LogP contribution in [0.15, 0.2) is 30.6 Å². The lowest BCUT2D eigenvalue weighted by molar-refractivity contribution is 0.0697. The maximum atomic E-state index is 12.2. The Morgan fingerprint density at radius 2 is 2.22 bits per heavy atom. The summed E-state index contributed by atoms with van der Waals surface area (Å²) in [6.45, 7) is 1.44. The number of ether oxygens (including phenoxy) is 1. The Hall–Kier alpha value is -1.88. The third-order valence-electron chi connectivity index (χ3n) is 3.23.